The Balaban J connectivity index is 3.22. The minimum atomic E-state index is -1.07. The van der Waals surface area contributed by atoms with Gasteiger partial charge in [-0.1, -0.05) is 12.1 Å². The topological polar surface area (TPSA) is 87.1 Å². The summed E-state index contributed by atoms with van der Waals surface area (Å²) in [6.07, 6.45) is 2.72. The largest absolute Gasteiger partial charge is 0.478 e. The van der Waals surface area contributed by atoms with Crippen molar-refractivity contribution >= 4 is 17.7 Å². The molecule has 0 saturated heterocycles. The third-order valence-electron chi connectivity index (χ3n) is 1.71. The van der Waals surface area contributed by atoms with Crippen LogP contribution >= 0.6 is 0 Å². The first-order chi connectivity index (χ1) is 6.66. The van der Waals surface area contributed by atoms with E-state index in [0.29, 0.717) is 5.56 Å². The Hall–Kier alpha value is -2.28. The van der Waals surface area contributed by atoms with Crippen LogP contribution in [0.1, 0.15) is 15.9 Å². The fourth-order valence-electron chi connectivity index (χ4n) is 1.04. The van der Waals surface area contributed by atoms with E-state index in [-0.39, 0.29) is 11.3 Å². The van der Waals surface area contributed by atoms with Gasteiger partial charge < -0.3 is 10.8 Å². The SMILES string of the molecule is N#CC=Cc1cccc(C(=O)O)c1N. The molecule has 0 aliphatic heterocycles. The van der Waals surface area contributed by atoms with Gasteiger partial charge in [0, 0.05) is 6.08 Å². The minimum absolute atomic E-state index is 0.0464. The van der Waals surface area contributed by atoms with E-state index in [2.05, 4.69) is 0 Å². The third-order valence-corrected chi connectivity index (χ3v) is 1.71. The Morgan fingerprint density at radius 2 is 2.29 bits per heavy atom. The summed E-state index contributed by atoms with van der Waals surface area (Å²) < 4.78 is 0. The van der Waals surface area contributed by atoms with Crippen molar-refractivity contribution in [3.05, 3.63) is 35.4 Å². The number of nitrogens with two attached hydrogens (primary N) is 1. The first-order valence-corrected chi connectivity index (χ1v) is 3.84. The fourth-order valence-corrected chi connectivity index (χ4v) is 1.04. The van der Waals surface area contributed by atoms with Gasteiger partial charge in [-0.3, -0.25) is 0 Å². The van der Waals surface area contributed by atoms with Gasteiger partial charge in [-0.25, -0.2) is 4.79 Å². The predicted molar refractivity (Wildman–Crippen MR) is 52.5 cm³/mol. The zero-order valence-corrected chi connectivity index (χ0v) is 7.27. The molecule has 70 valence electrons. The van der Waals surface area contributed by atoms with Gasteiger partial charge in [-0.15, -0.1) is 0 Å². The first kappa shape index (κ1) is 9.81. The number of aromatic carboxylic acids is 1. The number of benzene rings is 1. The van der Waals surface area contributed by atoms with Crippen molar-refractivity contribution < 1.29 is 9.90 Å². The Morgan fingerprint density at radius 3 is 2.86 bits per heavy atom. The molecule has 14 heavy (non-hydrogen) atoms. The highest BCUT2D eigenvalue weighted by Gasteiger charge is 2.08. The van der Waals surface area contributed by atoms with E-state index in [4.69, 9.17) is 16.1 Å². The second kappa shape index (κ2) is 4.10. The fraction of sp³-hybridized carbons (Fsp3) is 0. The van der Waals surface area contributed by atoms with Gasteiger partial charge in [0.15, 0.2) is 0 Å². The summed E-state index contributed by atoms with van der Waals surface area (Å²) in [6.45, 7) is 0. The van der Waals surface area contributed by atoms with Gasteiger partial charge in [0.05, 0.1) is 17.3 Å². The zero-order valence-electron chi connectivity index (χ0n) is 7.27. The van der Waals surface area contributed by atoms with E-state index in [1.54, 1.807) is 12.1 Å². The van der Waals surface area contributed by atoms with Gasteiger partial charge in [0.1, 0.15) is 0 Å². The monoisotopic (exact) mass is 188 g/mol. The number of anilines is 1. The number of nitrogen functional groups attached to an aromatic ring is 1. The maximum absolute atomic E-state index is 10.7. The lowest BCUT2D eigenvalue weighted by molar-refractivity contribution is 0.0698. The molecule has 0 aromatic heterocycles. The van der Waals surface area contributed by atoms with Crippen LogP contribution in [0.15, 0.2) is 24.3 Å². The Morgan fingerprint density at radius 1 is 1.57 bits per heavy atom. The average molecular weight is 188 g/mol. The summed E-state index contributed by atoms with van der Waals surface area (Å²) in [5, 5.41) is 17.0. The van der Waals surface area contributed by atoms with Crippen LogP contribution in [0.2, 0.25) is 0 Å². The molecule has 1 aromatic carbocycles. The lowest BCUT2D eigenvalue weighted by atomic mass is 10.1. The van der Waals surface area contributed by atoms with Gasteiger partial charge in [0.2, 0.25) is 0 Å². The van der Waals surface area contributed by atoms with E-state index in [1.165, 1.54) is 18.2 Å². The molecule has 0 radical (unpaired) electrons. The van der Waals surface area contributed by atoms with Crippen molar-refractivity contribution in [3.63, 3.8) is 0 Å². The second-order valence-electron chi connectivity index (χ2n) is 2.58. The minimum Gasteiger partial charge on any atom is -0.478 e. The number of hydrogen-bond acceptors (Lipinski definition) is 3. The number of nitriles is 1. The van der Waals surface area contributed by atoms with Crippen molar-refractivity contribution in [2.75, 3.05) is 5.73 Å². The summed E-state index contributed by atoms with van der Waals surface area (Å²) >= 11 is 0. The maximum atomic E-state index is 10.7. The van der Waals surface area contributed by atoms with E-state index < -0.39 is 5.97 Å². The molecule has 0 atom stereocenters. The molecule has 3 N–H and O–H groups in total. The van der Waals surface area contributed by atoms with Gasteiger partial charge in [-0.2, -0.15) is 5.26 Å². The van der Waals surface area contributed by atoms with Crippen molar-refractivity contribution in [3.8, 4) is 6.07 Å². The molecular weight excluding hydrogens is 180 g/mol. The van der Waals surface area contributed by atoms with Gasteiger partial charge in [0.25, 0.3) is 0 Å². The molecule has 0 heterocycles. The van der Waals surface area contributed by atoms with E-state index in [0.717, 1.165) is 0 Å². The van der Waals surface area contributed by atoms with Crippen molar-refractivity contribution in [2.24, 2.45) is 0 Å². The molecule has 1 rings (SSSR count). The maximum Gasteiger partial charge on any atom is 0.337 e. The van der Waals surface area contributed by atoms with Crippen LogP contribution in [-0.4, -0.2) is 11.1 Å². The lowest BCUT2D eigenvalue weighted by Gasteiger charge is -2.03. The molecule has 0 aliphatic rings. The summed E-state index contributed by atoms with van der Waals surface area (Å²) in [5.74, 6) is -1.07. The van der Waals surface area contributed by atoms with Crippen molar-refractivity contribution in [2.45, 2.75) is 0 Å². The standard InChI is InChI=1S/C10H8N2O2/c11-6-2-4-7-3-1-5-8(9(7)12)10(13)14/h1-5H,12H2,(H,13,14). The number of hydrogen-bond donors (Lipinski definition) is 2. The number of para-hydroxylation sites is 1. The van der Waals surface area contributed by atoms with Gasteiger partial charge in [-0.05, 0) is 17.7 Å². The molecule has 0 aliphatic carbocycles. The highest BCUT2D eigenvalue weighted by molar-refractivity contribution is 5.95. The van der Waals surface area contributed by atoms with Crippen molar-refractivity contribution in [1.29, 1.82) is 5.26 Å². The molecular formula is C10H8N2O2. The van der Waals surface area contributed by atoms with E-state index in [1.807, 2.05) is 6.07 Å². The molecule has 0 spiro atoms. The summed E-state index contributed by atoms with van der Waals surface area (Å²) in [6, 6.07) is 6.46. The molecule has 4 heteroatoms. The first-order valence-electron chi connectivity index (χ1n) is 3.84. The molecule has 0 saturated carbocycles. The quantitative estimate of drug-likeness (QED) is 0.543. The highest BCUT2D eigenvalue weighted by Crippen LogP contribution is 2.18. The van der Waals surface area contributed by atoms with Gasteiger partial charge >= 0.3 is 5.97 Å². The van der Waals surface area contributed by atoms with Crippen LogP contribution in [0, 0.1) is 11.3 Å². The van der Waals surface area contributed by atoms with Crippen LogP contribution in [0.3, 0.4) is 0 Å². The third kappa shape index (κ3) is 1.90. The molecule has 0 unspecified atom stereocenters. The number of rotatable bonds is 2. The second-order valence-corrected chi connectivity index (χ2v) is 2.58. The van der Waals surface area contributed by atoms with E-state index >= 15 is 0 Å². The van der Waals surface area contributed by atoms with Crippen LogP contribution in [0.4, 0.5) is 5.69 Å². The molecule has 0 fully saturated rings. The Bertz CT molecular complexity index is 430. The predicted octanol–water partition coefficient (Wildman–Crippen LogP) is 1.50. The van der Waals surface area contributed by atoms with Crippen LogP contribution in [0.25, 0.3) is 6.08 Å². The van der Waals surface area contributed by atoms with E-state index in [9.17, 15) is 4.79 Å². The molecule has 4 nitrogen and oxygen atoms in total. The Labute approximate surface area is 80.9 Å². The summed E-state index contributed by atoms with van der Waals surface area (Å²) in [7, 11) is 0. The van der Waals surface area contributed by atoms with Crippen LogP contribution in [-0.2, 0) is 0 Å². The number of carboxylic acid groups (broad SMARTS) is 1. The molecule has 0 bridgehead atoms. The normalized spacial score (nSPS) is 9.93. The average Bonchev–Trinajstić information content (AvgIpc) is 2.16. The summed E-state index contributed by atoms with van der Waals surface area (Å²) in [5.41, 5.74) is 6.34. The van der Waals surface area contributed by atoms with Crippen LogP contribution < -0.4 is 5.73 Å². The van der Waals surface area contributed by atoms with Crippen LogP contribution in [0.5, 0.6) is 0 Å². The molecule has 1 aromatic rings. The Kier molecular flexibility index (Phi) is 2.87. The van der Waals surface area contributed by atoms with Crippen molar-refractivity contribution in [1.82, 2.24) is 0 Å². The number of carboxylic acids is 1. The lowest BCUT2D eigenvalue weighted by Crippen LogP contribution is -2.03. The zero-order chi connectivity index (χ0) is 10.6. The highest BCUT2D eigenvalue weighted by atomic mass is 16.4. The number of allylic oxidation sites excluding steroid dienone is 1. The number of nitrogens with zero attached hydrogens (tertiary/aromatic N) is 1. The molecule has 0 amide bonds. The smallest absolute Gasteiger partial charge is 0.337 e. The number of carbonyl (C=O) groups is 1. The summed E-state index contributed by atoms with van der Waals surface area (Å²) in [4.78, 5) is 10.7.